The number of anilines is 1. The third kappa shape index (κ3) is 3.02. The molecule has 0 bridgehead atoms. The van der Waals surface area contributed by atoms with Gasteiger partial charge in [-0.1, -0.05) is 13.8 Å². The summed E-state index contributed by atoms with van der Waals surface area (Å²) in [4.78, 5) is 10.3. The van der Waals surface area contributed by atoms with Crippen molar-refractivity contribution in [3.63, 3.8) is 0 Å². The van der Waals surface area contributed by atoms with Crippen LogP contribution < -0.4 is 5.73 Å². The number of aromatic carboxylic acids is 1. The number of aromatic hydroxyl groups is 1. The average Bonchev–Trinajstić information content (AvgIpc) is 2.13. The number of rotatable bonds is 1. The van der Waals surface area contributed by atoms with Crippen LogP contribution in [-0.4, -0.2) is 16.2 Å². The third-order valence-electron chi connectivity index (χ3n) is 1.28. The zero-order chi connectivity index (χ0) is 10.4. The highest BCUT2D eigenvalue weighted by atomic mass is 16.4. The molecule has 0 atom stereocenters. The van der Waals surface area contributed by atoms with E-state index in [1.165, 1.54) is 12.1 Å². The molecule has 13 heavy (non-hydrogen) atoms. The first kappa shape index (κ1) is 11.3. The van der Waals surface area contributed by atoms with Crippen LogP contribution in [0.1, 0.15) is 24.2 Å². The maximum Gasteiger partial charge on any atom is 0.335 e. The zero-order valence-electron chi connectivity index (χ0n) is 7.61. The van der Waals surface area contributed by atoms with Crippen molar-refractivity contribution in [3.8, 4) is 5.75 Å². The number of carboxylic acids is 1. The molecule has 1 aromatic carbocycles. The van der Waals surface area contributed by atoms with Gasteiger partial charge in [-0.25, -0.2) is 4.79 Å². The molecule has 0 spiro atoms. The minimum absolute atomic E-state index is 0.0247. The van der Waals surface area contributed by atoms with Crippen molar-refractivity contribution in [1.29, 1.82) is 0 Å². The lowest BCUT2D eigenvalue weighted by molar-refractivity contribution is 0.0696. The molecular formula is C9H13NO3. The largest absolute Gasteiger partial charge is 0.506 e. The van der Waals surface area contributed by atoms with Gasteiger partial charge >= 0.3 is 5.97 Å². The Morgan fingerprint density at radius 2 is 1.92 bits per heavy atom. The zero-order valence-corrected chi connectivity index (χ0v) is 7.61. The van der Waals surface area contributed by atoms with Gasteiger partial charge in [0.15, 0.2) is 0 Å². The molecule has 0 fully saturated rings. The van der Waals surface area contributed by atoms with Crippen molar-refractivity contribution in [3.05, 3.63) is 23.8 Å². The minimum atomic E-state index is -1.08. The fourth-order valence-electron chi connectivity index (χ4n) is 0.677. The first-order chi connectivity index (χ1) is 6.11. The Hall–Kier alpha value is -1.71. The van der Waals surface area contributed by atoms with Crippen LogP contribution in [0.4, 0.5) is 5.69 Å². The molecule has 0 aliphatic rings. The maximum atomic E-state index is 10.3. The first-order valence-corrected chi connectivity index (χ1v) is 3.93. The Labute approximate surface area is 76.6 Å². The van der Waals surface area contributed by atoms with Crippen LogP contribution >= 0.6 is 0 Å². The van der Waals surface area contributed by atoms with E-state index in [0.717, 1.165) is 6.07 Å². The second kappa shape index (κ2) is 5.03. The Bertz CT molecular complexity index is 297. The fourth-order valence-corrected chi connectivity index (χ4v) is 0.677. The quantitative estimate of drug-likeness (QED) is 0.457. The minimum Gasteiger partial charge on any atom is -0.506 e. The highest BCUT2D eigenvalue weighted by Gasteiger charge is 2.04. The summed E-state index contributed by atoms with van der Waals surface area (Å²) in [5, 5.41) is 17.4. The molecule has 0 aromatic heterocycles. The van der Waals surface area contributed by atoms with Gasteiger partial charge in [-0.2, -0.15) is 0 Å². The third-order valence-corrected chi connectivity index (χ3v) is 1.28. The molecule has 72 valence electrons. The monoisotopic (exact) mass is 183 g/mol. The summed E-state index contributed by atoms with van der Waals surface area (Å²) >= 11 is 0. The van der Waals surface area contributed by atoms with E-state index >= 15 is 0 Å². The van der Waals surface area contributed by atoms with E-state index in [2.05, 4.69) is 0 Å². The van der Waals surface area contributed by atoms with Crippen molar-refractivity contribution in [2.45, 2.75) is 13.8 Å². The number of phenolic OH excluding ortho intramolecular Hbond substituents is 1. The number of carbonyl (C=O) groups is 1. The molecule has 4 nitrogen and oxygen atoms in total. The Balaban J connectivity index is 0.000000671. The molecule has 0 saturated heterocycles. The van der Waals surface area contributed by atoms with E-state index < -0.39 is 5.97 Å². The van der Waals surface area contributed by atoms with Crippen LogP contribution in [-0.2, 0) is 0 Å². The maximum absolute atomic E-state index is 10.3. The van der Waals surface area contributed by atoms with Crippen molar-refractivity contribution < 1.29 is 15.0 Å². The number of hydrogen-bond donors (Lipinski definition) is 3. The van der Waals surface area contributed by atoms with E-state index in [9.17, 15) is 4.79 Å². The smallest absolute Gasteiger partial charge is 0.335 e. The van der Waals surface area contributed by atoms with Crippen LogP contribution in [0.25, 0.3) is 0 Å². The molecule has 4 heteroatoms. The topological polar surface area (TPSA) is 83.6 Å². The molecule has 0 saturated carbocycles. The number of nitrogen functional groups attached to an aromatic ring is 1. The number of benzene rings is 1. The number of carboxylic acid groups (broad SMARTS) is 1. The molecule has 1 rings (SSSR count). The van der Waals surface area contributed by atoms with Gasteiger partial charge in [0, 0.05) is 0 Å². The molecule has 0 heterocycles. The van der Waals surface area contributed by atoms with Crippen LogP contribution in [0.15, 0.2) is 18.2 Å². The fraction of sp³-hybridized carbons (Fsp3) is 0.222. The molecule has 1 aromatic rings. The van der Waals surface area contributed by atoms with Gasteiger partial charge in [0.05, 0.1) is 11.3 Å². The summed E-state index contributed by atoms with van der Waals surface area (Å²) in [7, 11) is 0. The van der Waals surface area contributed by atoms with Crippen molar-refractivity contribution in [2.24, 2.45) is 0 Å². The van der Waals surface area contributed by atoms with Gasteiger partial charge in [-0.05, 0) is 18.2 Å². The van der Waals surface area contributed by atoms with Gasteiger partial charge in [0.1, 0.15) is 5.75 Å². The lowest BCUT2D eigenvalue weighted by Crippen LogP contribution is -1.96. The second-order valence-electron chi connectivity index (χ2n) is 2.08. The molecule has 0 aliphatic heterocycles. The predicted octanol–water partition coefficient (Wildman–Crippen LogP) is 1.70. The van der Waals surface area contributed by atoms with Crippen molar-refractivity contribution in [2.75, 3.05) is 5.73 Å². The van der Waals surface area contributed by atoms with Gasteiger partial charge in [-0.15, -0.1) is 0 Å². The van der Waals surface area contributed by atoms with Crippen molar-refractivity contribution in [1.82, 2.24) is 0 Å². The summed E-state index contributed by atoms with van der Waals surface area (Å²) in [5.41, 5.74) is 5.45. The lowest BCUT2D eigenvalue weighted by Gasteiger charge is -1.98. The number of hydrogen-bond acceptors (Lipinski definition) is 3. The van der Waals surface area contributed by atoms with Gasteiger partial charge in [0.25, 0.3) is 0 Å². The summed E-state index contributed by atoms with van der Waals surface area (Å²) < 4.78 is 0. The highest BCUT2D eigenvalue weighted by molar-refractivity contribution is 5.88. The molecule has 0 aliphatic carbocycles. The van der Waals surface area contributed by atoms with E-state index in [1.54, 1.807) is 0 Å². The van der Waals surface area contributed by atoms with E-state index in [-0.39, 0.29) is 17.0 Å². The predicted molar refractivity (Wildman–Crippen MR) is 50.8 cm³/mol. The summed E-state index contributed by atoms with van der Waals surface area (Å²) in [6, 6.07) is 3.79. The van der Waals surface area contributed by atoms with E-state index in [0.29, 0.717) is 0 Å². The summed E-state index contributed by atoms with van der Waals surface area (Å²) in [5.74, 6) is -1.29. The molecule has 0 radical (unpaired) electrons. The Kier molecular flexibility index (Phi) is 4.37. The summed E-state index contributed by atoms with van der Waals surface area (Å²) in [6.07, 6.45) is 0. The van der Waals surface area contributed by atoms with Crippen LogP contribution in [0.3, 0.4) is 0 Å². The first-order valence-electron chi connectivity index (χ1n) is 3.93. The molecule has 0 unspecified atom stereocenters. The van der Waals surface area contributed by atoms with Crippen LogP contribution in [0.2, 0.25) is 0 Å². The lowest BCUT2D eigenvalue weighted by atomic mass is 10.2. The SMILES string of the molecule is CC.Nc1ccc(C(=O)O)cc1O. The average molecular weight is 183 g/mol. The van der Waals surface area contributed by atoms with Gasteiger partial charge < -0.3 is 15.9 Å². The van der Waals surface area contributed by atoms with E-state index in [4.69, 9.17) is 15.9 Å². The number of phenols is 1. The highest BCUT2D eigenvalue weighted by Crippen LogP contribution is 2.20. The Morgan fingerprint density at radius 3 is 2.31 bits per heavy atom. The van der Waals surface area contributed by atoms with Gasteiger partial charge in [-0.3, -0.25) is 0 Å². The van der Waals surface area contributed by atoms with E-state index in [1.807, 2.05) is 13.8 Å². The number of nitrogens with two attached hydrogens (primary N) is 1. The van der Waals surface area contributed by atoms with Crippen LogP contribution in [0, 0.1) is 0 Å². The Morgan fingerprint density at radius 1 is 1.38 bits per heavy atom. The van der Waals surface area contributed by atoms with Crippen LogP contribution in [0.5, 0.6) is 5.75 Å². The standard InChI is InChI=1S/C7H7NO3.C2H6/c8-5-2-1-4(7(10)11)3-6(5)9;1-2/h1-3,9H,8H2,(H,10,11);1-2H3. The second-order valence-corrected chi connectivity index (χ2v) is 2.08. The van der Waals surface area contributed by atoms with Crippen molar-refractivity contribution >= 4 is 11.7 Å². The molecule has 0 amide bonds. The molecule has 4 N–H and O–H groups in total. The molecular weight excluding hydrogens is 170 g/mol. The normalized spacial score (nSPS) is 8.46. The summed E-state index contributed by atoms with van der Waals surface area (Å²) in [6.45, 7) is 4.00. The van der Waals surface area contributed by atoms with Gasteiger partial charge in [0.2, 0.25) is 0 Å².